The maximum Gasteiger partial charge on any atom is 0.249 e. The lowest BCUT2D eigenvalue weighted by Gasteiger charge is -2.31. The molecule has 2 aromatic rings. The van der Waals surface area contributed by atoms with Gasteiger partial charge in [-0.25, -0.2) is 0 Å². The molecule has 1 aliphatic rings. The highest BCUT2D eigenvalue weighted by molar-refractivity contribution is 5.83. The SMILES string of the molecule is CN1CCC[C@H](NC(=O)[C@H](c2ccccc2)n2cccn2)C1. The van der Waals surface area contributed by atoms with Crippen LogP contribution in [0.15, 0.2) is 48.8 Å². The number of nitrogens with zero attached hydrogens (tertiary/aromatic N) is 3. The molecule has 0 bridgehead atoms. The van der Waals surface area contributed by atoms with Crippen LogP contribution in [0.4, 0.5) is 0 Å². The summed E-state index contributed by atoms with van der Waals surface area (Å²) < 4.78 is 1.72. The lowest BCUT2D eigenvalue weighted by molar-refractivity contribution is -0.124. The Morgan fingerprint density at radius 1 is 1.32 bits per heavy atom. The van der Waals surface area contributed by atoms with E-state index in [4.69, 9.17) is 0 Å². The summed E-state index contributed by atoms with van der Waals surface area (Å²) in [6.45, 7) is 2.01. The van der Waals surface area contributed by atoms with E-state index in [-0.39, 0.29) is 11.9 Å². The van der Waals surface area contributed by atoms with Crippen LogP contribution in [0.3, 0.4) is 0 Å². The van der Waals surface area contributed by atoms with Gasteiger partial charge in [-0.05, 0) is 38.1 Å². The van der Waals surface area contributed by atoms with Crippen LogP contribution in [0.2, 0.25) is 0 Å². The zero-order chi connectivity index (χ0) is 15.4. The Morgan fingerprint density at radius 3 is 2.82 bits per heavy atom. The quantitative estimate of drug-likeness (QED) is 0.934. The number of amides is 1. The highest BCUT2D eigenvalue weighted by atomic mass is 16.2. The predicted octanol–water partition coefficient (Wildman–Crippen LogP) is 1.68. The fourth-order valence-electron chi connectivity index (χ4n) is 3.06. The van der Waals surface area contributed by atoms with Crippen LogP contribution in [0.25, 0.3) is 0 Å². The minimum Gasteiger partial charge on any atom is -0.350 e. The highest BCUT2D eigenvalue weighted by Gasteiger charge is 2.26. The summed E-state index contributed by atoms with van der Waals surface area (Å²) in [6.07, 6.45) is 5.71. The monoisotopic (exact) mass is 298 g/mol. The van der Waals surface area contributed by atoms with Crippen LogP contribution in [0.1, 0.15) is 24.4 Å². The fourth-order valence-corrected chi connectivity index (χ4v) is 3.06. The number of benzene rings is 1. The van der Waals surface area contributed by atoms with Gasteiger partial charge in [-0.2, -0.15) is 5.10 Å². The van der Waals surface area contributed by atoms with Gasteiger partial charge in [-0.15, -0.1) is 0 Å². The number of rotatable bonds is 4. The third kappa shape index (κ3) is 3.36. The summed E-state index contributed by atoms with van der Waals surface area (Å²) in [5, 5.41) is 7.46. The van der Waals surface area contributed by atoms with E-state index in [1.807, 2.05) is 42.6 Å². The van der Waals surface area contributed by atoms with Crippen LogP contribution in [-0.2, 0) is 4.79 Å². The molecule has 2 heterocycles. The zero-order valence-electron chi connectivity index (χ0n) is 12.9. The average molecular weight is 298 g/mol. The molecule has 0 saturated carbocycles. The Hall–Kier alpha value is -2.14. The third-order valence-electron chi connectivity index (χ3n) is 4.12. The number of aromatic nitrogens is 2. The molecule has 2 atom stereocenters. The van der Waals surface area contributed by atoms with E-state index < -0.39 is 6.04 Å². The van der Waals surface area contributed by atoms with Crippen molar-refractivity contribution >= 4 is 5.91 Å². The molecule has 1 aromatic heterocycles. The van der Waals surface area contributed by atoms with Gasteiger partial charge in [0.1, 0.15) is 0 Å². The topological polar surface area (TPSA) is 50.2 Å². The summed E-state index contributed by atoms with van der Waals surface area (Å²) in [7, 11) is 2.10. The van der Waals surface area contributed by atoms with Crippen molar-refractivity contribution in [3.8, 4) is 0 Å². The number of carbonyl (C=O) groups excluding carboxylic acids is 1. The van der Waals surface area contributed by atoms with E-state index in [1.165, 1.54) is 0 Å². The Morgan fingerprint density at radius 2 is 2.14 bits per heavy atom. The van der Waals surface area contributed by atoms with Gasteiger partial charge in [0.25, 0.3) is 0 Å². The molecule has 1 amide bonds. The van der Waals surface area contributed by atoms with Crippen LogP contribution >= 0.6 is 0 Å². The van der Waals surface area contributed by atoms with Crippen molar-refractivity contribution in [2.24, 2.45) is 0 Å². The molecular weight excluding hydrogens is 276 g/mol. The van der Waals surface area contributed by atoms with Gasteiger partial charge < -0.3 is 10.2 Å². The van der Waals surface area contributed by atoms with Crippen LogP contribution in [-0.4, -0.2) is 46.8 Å². The van der Waals surface area contributed by atoms with Gasteiger partial charge in [0.2, 0.25) is 5.91 Å². The number of likely N-dealkylation sites (N-methyl/N-ethyl adjacent to an activating group) is 1. The number of piperidine rings is 1. The maximum atomic E-state index is 12.8. The summed E-state index contributed by atoms with van der Waals surface area (Å²) in [5.74, 6) is 0.00944. The molecule has 116 valence electrons. The molecule has 0 radical (unpaired) electrons. The molecular formula is C17H22N4O. The molecule has 5 nitrogen and oxygen atoms in total. The van der Waals surface area contributed by atoms with Crippen LogP contribution < -0.4 is 5.32 Å². The van der Waals surface area contributed by atoms with Crippen molar-refractivity contribution < 1.29 is 4.79 Å². The standard InChI is InChI=1S/C17H22N4O/c1-20-11-5-9-15(13-20)19-17(22)16(21-12-6-10-18-21)14-7-3-2-4-8-14/h2-4,6-8,10,12,15-16H,5,9,11,13H2,1H3,(H,19,22)/t15-,16-/m0/s1. The predicted molar refractivity (Wildman–Crippen MR) is 85.5 cm³/mol. The van der Waals surface area contributed by atoms with E-state index in [0.29, 0.717) is 0 Å². The first-order chi connectivity index (χ1) is 10.7. The first kappa shape index (κ1) is 14.8. The van der Waals surface area contributed by atoms with E-state index in [9.17, 15) is 4.79 Å². The smallest absolute Gasteiger partial charge is 0.249 e. The molecule has 5 heteroatoms. The molecule has 0 aliphatic carbocycles. The molecule has 1 N–H and O–H groups in total. The first-order valence-electron chi connectivity index (χ1n) is 7.77. The molecule has 22 heavy (non-hydrogen) atoms. The zero-order valence-corrected chi connectivity index (χ0v) is 12.9. The molecule has 1 aromatic carbocycles. The number of hydrogen-bond acceptors (Lipinski definition) is 3. The summed E-state index contributed by atoms with van der Waals surface area (Å²) >= 11 is 0. The largest absolute Gasteiger partial charge is 0.350 e. The van der Waals surface area contributed by atoms with Crippen LogP contribution in [0, 0.1) is 0 Å². The second-order valence-electron chi connectivity index (χ2n) is 5.91. The second kappa shape index (κ2) is 6.75. The van der Waals surface area contributed by atoms with E-state index in [0.717, 1.165) is 31.5 Å². The normalized spacial score (nSPS) is 20.5. The molecule has 1 aliphatic heterocycles. The van der Waals surface area contributed by atoms with Gasteiger partial charge in [0, 0.05) is 25.0 Å². The molecule has 0 unspecified atom stereocenters. The van der Waals surface area contributed by atoms with E-state index >= 15 is 0 Å². The minimum atomic E-state index is -0.413. The molecule has 1 fully saturated rings. The second-order valence-corrected chi connectivity index (χ2v) is 5.91. The van der Waals surface area contributed by atoms with Crippen molar-refractivity contribution in [1.82, 2.24) is 20.0 Å². The van der Waals surface area contributed by atoms with Crippen molar-refractivity contribution in [3.05, 3.63) is 54.4 Å². The number of nitrogens with one attached hydrogen (secondary N) is 1. The van der Waals surface area contributed by atoms with Gasteiger partial charge in [0.15, 0.2) is 6.04 Å². The summed E-state index contributed by atoms with van der Waals surface area (Å²) in [5.41, 5.74) is 0.952. The fraction of sp³-hybridized carbons (Fsp3) is 0.412. The lowest BCUT2D eigenvalue weighted by Crippen LogP contribution is -2.48. The Balaban J connectivity index is 1.79. The Kier molecular flexibility index (Phi) is 4.53. The number of likely N-dealkylation sites (tertiary alicyclic amines) is 1. The van der Waals surface area contributed by atoms with Gasteiger partial charge in [-0.1, -0.05) is 30.3 Å². The van der Waals surface area contributed by atoms with E-state index in [2.05, 4.69) is 22.4 Å². The van der Waals surface area contributed by atoms with E-state index in [1.54, 1.807) is 10.9 Å². The number of hydrogen-bond donors (Lipinski definition) is 1. The van der Waals surface area contributed by atoms with Crippen molar-refractivity contribution in [2.45, 2.75) is 24.9 Å². The van der Waals surface area contributed by atoms with Crippen molar-refractivity contribution in [2.75, 3.05) is 20.1 Å². The Bertz CT molecular complexity index is 596. The molecule has 3 rings (SSSR count). The lowest BCUT2D eigenvalue weighted by atomic mass is 10.0. The number of carbonyl (C=O) groups is 1. The summed E-state index contributed by atoms with van der Waals surface area (Å²) in [4.78, 5) is 15.1. The van der Waals surface area contributed by atoms with Gasteiger partial charge in [0.05, 0.1) is 0 Å². The van der Waals surface area contributed by atoms with Crippen LogP contribution in [0.5, 0.6) is 0 Å². The Labute approximate surface area is 130 Å². The van der Waals surface area contributed by atoms with Gasteiger partial charge >= 0.3 is 0 Å². The first-order valence-corrected chi connectivity index (χ1v) is 7.77. The average Bonchev–Trinajstić information content (AvgIpc) is 3.02. The maximum absolute atomic E-state index is 12.8. The highest BCUT2D eigenvalue weighted by Crippen LogP contribution is 2.18. The van der Waals surface area contributed by atoms with Crippen molar-refractivity contribution in [3.63, 3.8) is 0 Å². The third-order valence-corrected chi connectivity index (χ3v) is 4.12. The minimum absolute atomic E-state index is 0.00944. The van der Waals surface area contributed by atoms with Gasteiger partial charge in [-0.3, -0.25) is 9.48 Å². The summed E-state index contributed by atoms with van der Waals surface area (Å²) in [6, 6.07) is 11.4. The molecule has 0 spiro atoms. The van der Waals surface area contributed by atoms with Crippen molar-refractivity contribution in [1.29, 1.82) is 0 Å². The molecule has 1 saturated heterocycles.